The SMILES string of the molecule is CSCC[C@H](N)C(=O)N(C)CC(O)COCc1ccccc1.Cl. The third kappa shape index (κ3) is 9.17. The fraction of sp³-hybridized carbons (Fsp3) is 0.562. The topological polar surface area (TPSA) is 75.8 Å². The van der Waals surface area contributed by atoms with Crippen molar-refractivity contribution in [3.8, 4) is 0 Å². The maximum atomic E-state index is 12.0. The van der Waals surface area contributed by atoms with E-state index in [2.05, 4.69) is 0 Å². The Kier molecular flexibility index (Phi) is 12.2. The Morgan fingerprint density at radius 1 is 1.39 bits per heavy atom. The molecule has 132 valence electrons. The summed E-state index contributed by atoms with van der Waals surface area (Å²) in [4.78, 5) is 13.5. The Hall–Kier alpha value is -0.790. The van der Waals surface area contributed by atoms with E-state index in [1.165, 1.54) is 4.90 Å². The van der Waals surface area contributed by atoms with E-state index < -0.39 is 12.1 Å². The average Bonchev–Trinajstić information content (AvgIpc) is 2.52. The molecule has 0 aliphatic carbocycles. The molecule has 1 rings (SSSR count). The number of carbonyl (C=O) groups excluding carboxylic acids is 1. The van der Waals surface area contributed by atoms with Crippen LogP contribution in [-0.2, 0) is 16.1 Å². The first kappa shape index (κ1) is 22.2. The van der Waals surface area contributed by atoms with Gasteiger partial charge in [0.25, 0.3) is 0 Å². The van der Waals surface area contributed by atoms with E-state index in [0.29, 0.717) is 13.0 Å². The third-order valence-electron chi connectivity index (χ3n) is 3.23. The van der Waals surface area contributed by atoms with E-state index in [9.17, 15) is 9.90 Å². The van der Waals surface area contributed by atoms with Crippen molar-refractivity contribution in [2.24, 2.45) is 5.73 Å². The summed E-state index contributed by atoms with van der Waals surface area (Å²) in [6.45, 7) is 0.857. The number of ether oxygens (including phenoxy) is 1. The van der Waals surface area contributed by atoms with Gasteiger partial charge < -0.3 is 20.5 Å². The Morgan fingerprint density at radius 2 is 2.04 bits per heavy atom. The van der Waals surface area contributed by atoms with E-state index >= 15 is 0 Å². The van der Waals surface area contributed by atoms with Gasteiger partial charge in [-0.05, 0) is 24.0 Å². The van der Waals surface area contributed by atoms with Gasteiger partial charge in [-0.1, -0.05) is 30.3 Å². The molecule has 0 aliphatic heterocycles. The zero-order valence-corrected chi connectivity index (χ0v) is 15.3. The molecule has 23 heavy (non-hydrogen) atoms. The fourth-order valence-corrected chi connectivity index (χ4v) is 2.49. The van der Waals surface area contributed by atoms with E-state index in [1.807, 2.05) is 36.6 Å². The smallest absolute Gasteiger partial charge is 0.239 e. The molecular formula is C16H27ClN2O3S. The summed E-state index contributed by atoms with van der Waals surface area (Å²) in [7, 11) is 1.65. The summed E-state index contributed by atoms with van der Waals surface area (Å²) in [5.74, 6) is 0.708. The first-order valence-electron chi connectivity index (χ1n) is 7.33. The van der Waals surface area contributed by atoms with Crippen LogP contribution in [0.5, 0.6) is 0 Å². The van der Waals surface area contributed by atoms with Crippen LogP contribution in [0.25, 0.3) is 0 Å². The van der Waals surface area contributed by atoms with Crippen LogP contribution >= 0.6 is 24.2 Å². The van der Waals surface area contributed by atoms with Crippen LogP contribution in [0.15, 0.2) is 30.3 Å². The molecule has 0 fully saturated rings. The van der Waals surface area contributed by atoms with Gasteiger partial charge in [-0.25, -0.2) is 0 Å². The van der Waals surface area contributed by atoms with E-state index in [1.54, 1.807) is 18.8 Å². The monoisotopic (exact) mass is 362 g/mol. The summed E-state index contributed by atoms with van der Waals surface area (Å²) in [6, 6.07) is 9.25. The number of halogens is 1. The fourth-order valence-electron chi connectivity index (χ4n) is 2.00. The molecule has 0 saturated carbocycles. The molecule has 3 N–H and O–H groups in total. The number of hydrogen-bond donors (Lipinski definition) is 2. The molecule has 0 aromatic heterocycles. The normalized spacial score (nSPS) is 13.0. The lowest BCUT2D eigenvalue weighted by Gasteiger charge is -2.23. The predicted molar refractivity (Wildman–Crippen MR) is 98.0 cm³/mol. The Labute approximate surface area is 149 Å². The zero-order chi connectivity index (χ0) is 16.4. The number of hydrogen-bond acceptors (Lipinski definition) is 5. The van der Waals surface area contributed by atoms with Gasteiger partial charge in [0.2, 0.25) is 5.91 Å². The maximum Gasteiger partial charge on any atom is 0.239 e. The molecule has 1 unspecified atom stereocenters. The Bertz CT molecular complexity index is 437. The van der Waals surface area contributed by atoms with Crippen LogP contribution in [-0.4, -0.2) is 60.3 Å². The highest BCUT2D eigenvalue weighted by molar-refractivity contribution is 7.98. The van der Waals surface area contributed by atoms with Crippen LogP contribution in [0.1, 0.15) is 12.0 Å². The highest BCUT2D eigenvalue weighted by Crippen LogP contribution is 2.04. The maximum absolute atomic E-state index is 12.0. The van der Waals surface area contributed by atoms with Crippen molar-refractivity contribution in [3.05, 3.63) is 35.9 Å². The molecular weight excluding hydrogens is 336 g/mol. The highest BCUT2D eigenvalue weighted by atomic mass is 35.5. The minimum Gasteiger partial charge on any atom is -0.389 e. The predicted octanol–water partition coefficient (Wildman–Crippen LogP) is 1.52. The molecule has 7 heteroatoms. The molecule has 1 aromatic carbocycles. The summed E-state index contributed by atoms with van der Waals surface area (Å²) >= 11 is 1.66. The number of likely N-dealkylation sites (N-methyl/N-ethyl adjacent to an activating group) is 1. The van der Waals surface area contributed by atoms with Crippen molar-refractivity contribution in [1.29, 1.82) is 0 Å². The van der Waals surface area contributed by atoms with Gasteiger partial charge in [0, 0.05) is 13.6 Å². The van der Waals surface area contributed by atoms with Crippen LogP contribution in [0.2, 0.25) is 0 Å². The van der Waals surface area contributed by atoms with Gasteiger partial charge in [0.05, 0.1) is 25.4 Å². The summed E-state index contributed by atoms with van der Waals surface area (Å²) in [5.41, 5.74) is 6.89. The number of rotatable bonds is 10. The summed E-state index contributed by atoms with van der Waals surface area (Å²) in [6.07, 6.45) is 1.91. The molecule has 0 radical (unpaired) electrons. The molecule has 0 heterocycles. The third-order valence-corrected chi connectivity index (χ3v) is 3.88. The van der Waals surface area contributed by atoms with Crippen molar-refractivity contribution >= 4 is 30.1 Å². The van der Waals surface area contributed by atoms with Gasteiger partial charge in [0.1, 0.15) is 0 Å². The summed E-state index contributed by atoms with van der Waals surface area (Å²) in [5, 5.41) is 9.94. The number of aliphatic hydroxyl groups excluding tert-OH is 1. The lowest BCUT2D eigenvalue weighted by molar-refractivity contribution is -0.133. The van der Waals surface area contributed by atoms with E-state index in [4.69, 9.17) is 10.5 Å². The first-order valence-corrected chi connectivity index (χ1v) is 8.73. The van der Waals surface area contributed by atoms with Crippen molar-refractivity contribution in [1.82, 2.24) is 4.90 Å². The number of aliphatic hydroxyl groups is 1. The quantitative estimate of drug-likeness (QED) is 0.660. The number of nitrogens with two attached hydrogens (primary N) is 1. The standard InChI is InChI=1S/C16H26N2O3S.ClH/c1-18(16(20)15(17)8-9-22-2)10-14(19)12-21-11-13-6-4-3-5-7-13;/h3-7,14-15,19H,8-12,17H2,1-2H3;1H/t14?,15-;/m0./s1. The number of nitrogens with zero attached hydrogens (tertiary/aromatic N) is 1. The van der Waals surface area contributed by atoms with Gasteiger partial charge in [-0.3, -0.25) is 4.79 Å². The molecule has 1 amide bonds. The zero-order valence-electron chi connectivity index (χ0n) is 13.7. The first-order chi connectivity index (χ1) is 10.5. The molecule has 2 atom stereocenters. The number of benzene rings is 1. The second-order valence-electron chi connectivity index (χ2n) is 5.26. The second-order valence-corrected chi connectivity index (χ2v) is 6.25. The lowest BCUT2D eigenvalue weighted by atomic mass is 10.2. The van der Waals surface area contributed by atoms with Crippen molar-refractivity contribution in [2.75, 3.05) is 32.2 Å². The highest BCUT2D eigenvalue weighted by Gasteiger charge is 2.19. The minimum atomic E-state index is -0.717. The van der Waals surface area contributed by atoms with Crippen molar-refractivity contribution in [3.63, 3.8) is 0 Å². The largest absolute Gasteiger partial charge is 0.389 e. The van der Waals surface area contributed by atoms with Gasteiger partial charge in [-0.2, -0.15) is 11.8 Å². The Balaban J connectivity index is 0.00000484. The van der Waals surface area contributed by atoms with E-state index in [0.717, 1.165) is 11.3 Å². The van der Waals surface area contributed by atoms with E-state index in [-0.39, 0.29) is 31.5 Å². The Morgan fingerprint density at radius 3 is 2.65 bits per heavy atom. The number of amides is 1. The average molecular weight is 363 g/mol. The number of carbonyl (C=O) groups is 1. The lowest BCUT2D eigenvalue weighted by Crippen LogP contribution is -2.45. The van der Waals surface area contributed by atoms with Crippen LogP contribution in [0.4, 0.5) is 0 Å². The molecule has 0 spiro atoms. The molecule has 0 aliphatic rings. The van der Waals surface area contributed by atoms with Crippen molar-refractivity contribution < 1.29 is 14.6 Å². The minimum absolute atomic E-state index is 0. The van der Waals surface area contributed by atoms with Gasteiger partial charge in [0.15, 0.2) is 0 Å². The van der Waals surface area contributed by atoms with Gasteiger partial charge in [-0.15, -0.1) is 12.4 Å². The van der Waals surface area contributed by atoms with Crippen LogP contribution in [0, 0.1) is 0 Å². The second kappa shape index (κ2) is 12.6. The van der Waals surface area contributed by atoms with Gasteiger partial charge >= 0.3 is 0 Å². The summed E-state index contributed by atoms with van der Waals surface area (Å²) < 4.78 is 5.46. The van der Waals surface area contributed by atoms with Crippen LogP contribution in [0.3, 0.4) is 0 Å². The van der Waals surface area contributed by atoms with Crippen molar-refractivity contribution in [2.45, 2.75) is 25.2 Å². The molecule has 1 aromatic rings. The number of thioether (sulfide) groups is 1. The molecule has 0 bridgehead atoms. The molecule has 5 nitrogen and oxygen atoms in total. The van der Waals surface area contributed by atoms with Crippen LogP contribution < -0.4 is 5.73 Å². The molecule has 0 saturated heterocycles.